The topological polar surface area (TPSA) is 18.5 Å². The van der Waals surface area contributed by atoms with Crippen molar-refractivity contribution in [1.29, 1.82) is 0 Å². The first-order chi connectivity index (χ1) is 8.65. The van der Waals surface area contributed by atoms with Gasteiger partial charge < -0.3 is 9.47 Å². The van der Waals surface area contributed by atoms with Gasteiger partial charge in [0.1, 0.15) is 17.3 Å². The summed E-state index contributed by atoms with van der Waals surface area (Å²) in [6, 6.07) is 10.2. The Hall–Kier alpha value is -1.55. The molecule has 0 saturated heterocycles. The minimum atomic E-state index is -0.292. The minimum Gasteiger partial charge on any atom is -0.497 e. The van der Waals surface area contributed by atoms with E-state index in [4.69, 9.17) is 9.47 Å². The average Bonchev–Trinajstić information content (AvgIpc) is 2.38. The van der Waals surface area contributed by atoms with Crippen LogP contribution in [0.2, 0.25) is 0 Å². The van der Waals surface area contributed by atoms with E-state index in [2.05, 4.69) is 15.9 Å². The molecule has 0 radical (unpaired) electrons. The summed E-state index contributed by atoms with van der Waals surface area (Å²) in [6.45, 7) is 0. The average molecular weight is 311 g/mol. The molecular formula is C14H12BrFO2. The van der Waals surface area contributed by atoms with Crippen molar-refractivity contribution in [3.8, 4) is 22.6 Å². The molecule has 0 aromatic heterocycles. The molecule has 4 heteroatoms. The van der Waals surface area contributed by atoms with Gasteiger partial charge in [0.05, 0.1) is 14.2 Å². The van der Waals surface area contributed by atoms with E-state index in [0.717, 1.165) is 0 Å². The molecule has 0 aliphatic heterocycles. The van der Waals surface area contributed by atoms with E-state index in [1.165, 1.54) is 6.07 Å². The summed E-state index contributed by atoms with van der Waals surface area (Å²) in [5.41, 5.74) is 1.20. The maximum Gasteiger partial charge on any atom is 0.132 e. The Bertz CT molecular complexity index is 527. The molecule has 0 aliphatic carbocycles. The van der Waals surface area contributed by atoms with Crippen molar-refractivity contribution >= 4 is 15.9 Å². The zero-order valence-corrected chi connectivity index (χ0v) is 11.6. The summed E-state index contributed by atoms with van der Waals surface area (Å²) < 4.78 is 24.9. The first-order valence-corrected chi connectivity index (χ1v) is 6.12. The summed E-state index contributed by atoms with van der Waals surface area (Å²) in [7, 11) is 3.13. The van der Waals surface area contributed by atoms with Gasteiger partial charge in [0, 0.05) is 16.1 Å². The van der Waals surface area contributed by atoms with Crippen molar-refractivity contribution in [3.63, 3.8) is 0 Å². The zero-order chi connectivity index (χ0) is 13.1. The van der Waals surface area contributed by atoms with Gasteiger partial charge >= 0.3 is 0 Å². The number of benzene rings is 2. The first-order valence-electron chi connectivity index (χ1n) is 5.33. The highest BCUT2D eigenvalue weighted by molar-refractivity contribution is 9.10. The predicted molar refractivity (Wildman–Crippen MR) is 72.6 cm³/mol. The molecule has 0 amide bonds. The quantitative estimate of drug-likeness (QED) is 0.842. The van der Waals surface area contributed by atoms with Gasteiger partial charge in [0.25, 0.3) is 0 Å². The Morgan fingerprint density at radius 2 is 1.61 bits per heavy atom. The monoisotopic (exact) mass is 310 g/mol. The van der Waals surface area contributed by atoms with E-state index < -0.39 is 0 Å². The molecule has 94 valence electrons. The minimum absolute atomic E-state index is 0.292. The third-order valence-electron chi connectivity index (χ3n) is 2.60. The van der Waals surface area contributed by atoms with Crippen LogP contribution in [0.1, 0.15) is 0 Å². The number of methoxy groups -OCH3 is 2. The maximum atomic E-state index is 13.9. The third kappa shape index (κ3) is 2.48. The van der Waals surface area contributed by atoms with E-state index in [1.807, 2.05) is 0 Å². The molecule has 2 aromatic carbocycles. The van der Waals surface area contributed by atoms with Gasteiger partial charge in [0.2, 0.25) is 0 Å². The van der Waals surface area contributed by atoms with E-state index in [-0.39, 0.29) is 5.82 Å². The van der Waals surface area contributed by atoms with Crippen LogP contribution in [-0.2, 0) is 0 Å². The highest BCUT2D eigenvalue weighted by atomic mass is 79.9. The molecule has 0 atom stereocenters. The molecule has 18 heavy (non-hydrogen) atoms. The van der Waals surface area contributed by atoms with E-state index in [9.17, 15) is 4.39 Å². The smallest absolute Gasteiger partial charge is 0.132 e. The molecule has 0 fully saturated rings. The Balaban J connectivity index is 2.63. The highest BCUT2D eigenvalue weighted by Crippen LogP contribution is 2.35. The molecule has 0 heterocycles. The summed E-state index contributed by atoms with van der Waals surface area (Å²) in [4.78, 5) is 0. The SMILES string of the molecule is COc1cc(OC)cc(-c2c(F)cccc2Br)c1. The lowest BCUT2D eigenvalue weighted by molar-refractivity contribution is 0.394. The third-order valence-corrected chi connectivity index (χ3v) is 3.26. The van der Waals surface area contributed by atoms with Crippen LogP contribution in [0.3, 0.4) is 0 Å². The molecule has 2 aromatic rings. The molecule has 0 aliphatic rings. The predicted octanol–water partition coefficient (Wildman–Crippen LogP) is 4.27. The fraction of sp³-hybridized carbons (Fsp3) is 0.143. The highest BCUT2D eigenvalue weighted by Gasteiger charge is 2.11. The van der Waals surface area contributed by atoms with E-state index in [0.29, 0.717) is 27.1 Å². The van der Waals surface area contributed by atoms with Crippen molar-refractivity contribution in [1.82, 2.24) is 0 Å². The molecule has 0 bridgehead atoms. The molecule has 0 N–H and O–H groups in total. The van der Waals surface area contributed by atoms with Crippen LogP contribution in [0, 0.1) is 5.82 Å². The molecule has 0 unspecified atom stereocenters. The van der Waals surface area contributed by atoms with Crippen LogP contribution < -0.4 is 9.47 Å². The standard InChI is InChI=1S/C14H12BrFO2/c1-17-10-6-9(7-11(8-10)18-2)14-12(15)4-3-5-13(14)16/h3-8H,1-2H3. The van der Waals surface area contributed by atoms with Crippen molar-refractivity contribution in [2.45, 2.75) is 0 Å². The fourth-order valence-corrected chi connectivity index (χ4v) is 2.30. The van der Waals surface area contributed by atoms with E-state index in [1.54, 1.807) is 44.6 Å². The van der Waals surface area contributed by atoms with Crippen LogP contribution in [0.15, 0.2) is 40.9 Å². The van der Waals surface area contributed by atoms with Gasteiger partial charge in [0.15, 0.2) is 0 Å². The largest absolute Gasteiger partial charge is 0.497 e. The van der Waals surface area contributed by atoms with E-state index >= 15 is 0 Å². The molecule has 0 saturated carbocycles. The molecule has 2 rings (SSSR count). The zero-order valence-electron chi connectivity index (χ0n) is 10.0. The molecule has 0 spiro atoms. The Kier molecular flexibility index (Phi) is 3.87. The lowest BCUT2D eigenvalue weighted by atomic mass is 10.0. The van der Waals surface area contributed by atoms with Crippen molar-refractivity contribution in [2.75, 3.05) is 14.2 Å². The summed E-state index contributed by atoms with van der Waals surface area (Å²) >= 11 is 3.36. The lowest BCUT2D eigenvalue weighted by Gasteiger charge is -2.10. The van der Waals surface area contributed by atoms with Crippen molar-refractivity contribution in [2.24, 2.45) is 0 Å². The number of rotatable bonds is 3. The number of hydrogen-bond donors (Lipinski definition) is 0. The van der Waals surface area contributed by atoms with Gasteiger partial charge in [-0.2, -0.15) is 0 Å². The molecule has 2 nitrogen and oxygen atoms in total. The second kappa shape index (κ2) is 5.40. The number of ether oxygens (including phenoxy) is 2. The van der Waals surface area contributed by atoms with Crippen LogP contribution >= 0.6 is 15.9 Å². The summed E-state index contributed by atoms with van der Waals surface area (Å²) in [5, 5.41) is 0. The van der Waals surface area contributed by atoms with Crippen LogP contribution in [0.5, 0.6) is 11.5 Å². The van der Waals surface area contributed by atoms with Gasteiger partial charge in [-0.15, -0.1) is 0 Å². The normalized spacial score (nSPS) is 10.2. The summed E-state index contributed by atoms with van der Waals surface area (Å²) in [5.74, 6) is 0.957. The lowest BCUT2D eigenvalue weighted by Crippen LogP contribution is -1.91. The Morgan fingerprint density at radius 3 is 2.11 bits per heavy atom. The maximum absolute atomic E-state index is 13.9. The van der Waals surface area contributed by atoms with Crippen LogP contribution in [-0.4, -0.2) is 14.2 Å². The fourth-order valence-electron chi connectivity index (χ4n) is 1.73. The Morgan fingerprint density at radius 1 is 1.00 bits per heavy atom. The second-order valence-corrected chi connectivity index (χ2v) is 4.55. The number of halogens is 2. The molecular weight excluding hydrogens is 299 g/mol. The van der Waals surface area contributed by atoms with Gasteiger partial charge in [-0.3, -0.25) is 0 Å². The van der Waals surface area contributed by atoms with Gasteiger partial charge in [-0.05, 0) is 29.8 Å². The van der Waals surface area contributed by atoms with Crippen molar-refractivity contribution < 1.29 is 13.9 Å². The summed E-state index contributed by atoms with van der Waals surface area (Å²) in [6.07, 6.45) is 0. The first kappa shape index (κ1) is 12.9. The van der Waals surface area contributed by atoms with Gasteiger partial charge in [-0.25, -0.2) is 4.39 Å². The van der Waals surface area contributed by atoms with Crippen molar-refractivity contribution in [3.05, 3.63) is 46.7 Å². The van der Waals surface area contributed by atoms with Gasteiger partial charge in [-0.1, -0.05) is 22.0 Å². The van der Waals surface area contributed by atoms with Crippen LogP contribution in [0.25, 0.3) is 11.1 Å². The Labute approximate surface area is 113 Å². The number of hydrogen-bond acceptors (Lipinski definition) is 2. The van der Waals surface area contributed by atoms with Crippen LogP contribution in [0.4, 0.5) is 4.39 Å². The second-order valence-electron chi connectivity index (χ2n) is 3.70.